The lowest BCUT2D eigenvalue weighted by atomic mass is 9.78. The predicted molar refractivity (Wildman–Crippen MR) is 103 cm³/mol. The van der Waals surface area contributed by atoms with Gasteiger partial charge in [0.25, 0.3) is 0 Å². The monoisotopic (exact) mass is 381 g/mol. The summed E-state index contributed by atoms with van der Waals surface area (Å²) in [4.78, 5) is 33.6. The van der Waals surface area contributed by atoms with Crippen molar-refractivity contribution in [2.24, 2.45) is 5.41 Å². The van der Waals surface area contributed by atoms with Crippen LogP contribution in [0.15, 0.2) is 48.8 Å². The molecule has 4 rings (SSSR count). The average Bonchev–Trinajstić information content (AvgIpc) is 3.13. The van der Waals surface area contributed by atoms with E-state index in [1.807, 2.05) is 21.9 Å². The Balaban J connectivity index is 1.42. The number of benzene rings is 1. The van der Waals surface area contributed by atoms with Gasteiger partial charge in [0, 0.05) is 38.6 Å². The maximum Gasteiger partial charge on any atom is 0.230 e. The van der Waals surface area contributed by atoms with Crippen LogP contribution in [0.1, 0.15) is 30.4 Å². The summed E-state index contributed by atoms with van der Waals surface area (Å²) in [5.74, 6) is -0.0850. The van der Waals surface area contributed by atoms with Gasteiger partial charge in [0.1, 0.15) is 5.82 Å². The highest BCUT2D eigenvalue weighted by Gasteiger charge is 2.49. The van der Waals surface area contributed by atoms with Gasteiger partial charge in [-0.25, -0.2) is 4.39 Å². The minimum Gasteiger partial charge on any atom is -0.341 e. The van der Waals surface area contributed by atoms with Crippen molar-refractivity contribution in [2.45, 2.75) is 32.2 Å². The fraction of sp³-hybridized carbons (Fsp3) is 0.409. The fourth-order valence-electron chi connectivity index (χ4n) is 4.36. The Morgan fingerprint density at radius 1 is 1.04 bits per heavy atom. The van der Waals surface area contributed by atoms with Gasteiger partial charge in [-0.1, -0.05) is 12.1 Å². The fourth-order valence-corrected chi connectivity index (χ4v) is 4.36. The normalized spacial score (nSPS) is 22.1. The van der Waals surface area contributed by atoms with Crippen LogP contribution in [0.25, 0.3) is 0 Å². The Hall–Kier alpha value is -2.76. The average molecular weight is 381 g/mol. The van der Waals surface area contributed by atoms with E-state index in [-0.39, 0.29) is 17.6 Å². The van der Waals surface area contributed by atoms with Crippen molar-refractivity contribution in [3.63, 3.8) is 0 Å². The summed E-state index contributed by atoms with van der Waals surface area (Å²) in [5, 5.41) is 0. The quantitative estimate of drug-likeness (QED) is 0.818. The molecule has 0 unspecified atom stereocenters. The number of pyridine rings is 1. The number of aromatic nitrogens is 1. The van der Waals surface area contributed by atoms with Crippen LogP contribution in [0.5, 0.6) is 0 Å². The maximum absolute atomic E-state index is 13.3. The molecule has 0 aliphatic carbocycles. The van der Waals surface area contributed by atoms with Crippen LogP contribution in [-0.4, -0.2) is 46.2 Å². The summed E-state index contributed by atoms with van der Waals surface area (Å²) in [6.07, 6.45) is 6.18. The molecule has 0 saturated carbocycles. The van der Waals surface area contributed by atoms with Gasteiger partial charge in [-0.15, -0.1) is 0 Å². The number of hydrogen-bond donors (Lipinski definition) is 0. The smallest absolute Gasteiger partial charge is 0.230 e. The highest BCUT2D eigenvalue weighted by Crippen LogP contribution is 2.40. The van der Waals surface area contributed by atoms with Gasteiger partial charge in [0.05, 0.1) is 11.8 Å². The molecule has 2 aromatic rings. The molecule has 0 N–H and O–H groups in total. The first kappa shape index (κ1) is 18.6. The third-order valence-electron chi connectivity index (χ3n) is 5.92. The standard InChI is InChI=1S/C22H24FN3O2/c23-19-4-2-18(3-5-19)15-25-12-1-8-22(21(25)28)9-13-26(16-22)20(27)14-17-6-10-24-11-7-17/h2-7,10-11H,1,8-9,12-16H2/t22-/m1/s1. The summed E-state index contributed by atoms with van der Waals surface area (Å²) in [7, 11) is 0. The predicted octanol–water partition coefficient (Wildman–Crippen LogP) is 2.80. The van der Waals surface area contributed by atoms with E-state index in [9.17, 15) is 14.0 Å². The van der Waals surface area contributed by atoms with Crippen molar-refractivity contribution in [1.82, 2.24) is 14.8 Å². The highest BCUT2D eigenvalue weighted by molar-refractivity contribution is 5.86. The van der Waals surface area contributed by atoms with E-state index in [4.69, 9.17) is 0 Å². The van der Waals surface area contributed by atoms with Crippen LogP contribution in [0.4, 0.5) is 4.39 Å². The van der Waals surface area contributed by atoms with Crippen molar-refractivity contribution in [1.29, 1.82) is 0 Å². The number of nitrogens with zero attached hydrogens (tertiary/aromatic N) is 3. The van der Waals surface area contributed by atoms with E-state index in [1.54, 1.807) is 24.5 Å². The molecule has 28 heavy (non-hydrogen) atoms. The number of hydrogen-bond acceptors (Lipinski definition) is 3. The number of carbonyl (C=O) groups is 2. The molecule has 0 bridgehead atoms. The lowest BCUT2D eigenvalue weighted by Crippen LogP contribution is -2.50. The van der Waals surface area contributed by atoms with E-state index in [2.05, 4.69) is 4.98 Å². The number of likely N-dealkylation sites (tertiary alicyclic amines) is 2. The Morgan fingerprint density at radius 3 is 2.54 bits per heavy atom. The molecule has 1 aromatic carbocycles. The molecule has 5 nitrogen and oxygen atoms in total. The molecule has 2 amide bonds. The van der Waals surface area contributed by atoms with E-state index in [0.29, 0.717) is 39.0 Å². The first-order chi connectivity index (χ1) is 13.6. The molecular formula is C22H24FN3O2. The molecule has 2 fully saturated rings. The van der Waals surface area contributed by atoms with E-state index in [1.165, 1.54) is 12.1 Å². The molecule has 6 heteroatoms. The van der Waals surface area contributed by atoms with Gasteiger partial charge in [0.2, 0.25) is 11.8 Å². The van der Waals surface area contributed by atoms with Gasteiger partial charge in [0.15, 0.2) is 0 Å². The van der Waals surface area contributed by atoms with E-state index < -0.39 is 5.41 Å². The number of carbonyl (C=O) groups excluding carboxylic acids is 2. The van der Waals surface area contributed by atoms with Crippen LogP contribution < -0.4 is 0 Å². The molecule has 2 saturated heterocycles. The van der Waals surface area contributed by atoms with Crippen molar-refractivity contribution >= 4 is 11.8 Å². The Morgan fingerprint density at radius 2 is 1.79 bits per heavy atom. The van der Waals surface area contributed by atoms with Crippen molar-refractivity contribution in [3.05, 3.63) is 65.7 Å². The van der Waals surface area contributed by atoms with Crippen LogP contribution in [0.3, 0.4) is 0 Å². The van der Waals surface area contributed by atoms with Crippen LogP contribution in [0, 0.1) is 11.2 Å². The molecule has 1 aromatic heterocycles. The van der Waals surface area contributed by atoms with Crippen LogP contribution in [0.2, 0.25) is 0 Å². The number of amides is 2. The van der Waals surface area contributed by atoms with Crippen molar-refractivity contribution in [2.75, 3.05) is 19.6 Å². The van der Waals surface area contributed by atoms with E-state index >= 15 is 0 Å². The molecule has 1 spiro atoms. The molecule has 2 aliphatic rings. The van der Waals surface area contributed by atoms with Gasteiger partial charge >= 0.3 is 0 Å². The largest absolute Gasteiger partial charge is 0.341 e. The Labute approximate surface area is 164 Å². The summed E-state index contributed by atoms with van der Waals surface area (Å²) >= 11 is 0. The zero-order valence-corrected chi connectivity index (χ0v) is 15.8. The SMILES string of the molecule is O=C(Cc1ccncc1)N1CC[C@]2(CCCN(Cc3ccc(F)cc3)C2=O)C1. The lowest BCUT2D eigenvalue weighted by molar-refractivity contribution is -0.146. The summed E-state index contributed by atoms with van der Waals surface area (Å²) < 4.78 is 13.1. The molecule has 0 radical (unpaired) electrons. The first-order valence-corrected chi connectivity index (χ1v) is 9.76. The van der Waals surface area contributed by atoms with Gasteiger partial charge in [-0.3, -0.25) is 14.6 Å². The Kier molecular flexibility index (Phi) is 5.11. The molecule has 3 heterocycles. The van der Waals surface area contributed by atoms with Crippen LogP contribution in [-0.2, 0) is 22.6 Å². The molecule has 2 aliphatic heterocycles. The summed E-state index contributed by atoms with van der Waals surface area (Å²) in [6.45, 7) is 2.32. The zero-order valence-electron chi connectivity index (χ0n) is 15.8. The second-order valence-corrected chi connectivity index (χ2v) is 7.83. The summed E-state index contributed by atoms with van der Waals surface area (Å²) in [5.41, 5.74) is 1.40. The van der Waals surface area contributed by atoms with Gasteiger partial charge < -0.3 is 9.80 Å². The zero-order chi connectivity index (χ0) is 19.6. The number of rotatable bonds is 4. The van der Waals surface area contributed by atoms with Gasteiger partial charge in [-0.2, -0.15) is 0 Å². The van der Waals surface area contributed by atoms with Gasteiger partial charge in [-0.05, 0) is 54.7 Å². The summed E-state index contributed by atoms with van der Waals surface area (Å²) in [6, 6.07) is 10.00. The van der Waals surface area contributed by atoms with E-state index in [0.717, 1.165) is 24.0 Å². The van der Waals surface area contributed by atoms with Crippen LogP contribution >= 0.6 is 0 Å². The van der Waals surface area contributed by atoms with Crippen molar-refractivity contribution < 1.29 is 14.0 Å². The minimum atomic E-state index is -0.466. The molecule has 146 valence electrons. The topological polar surface area (TPSA) is 53.5 Å². The second-order valence-electron chi connectivity index (χ2n) is 7.83. The molecule has 1 atom stereocenters. The second kappa shape index (κ2) is 7.70. The Bertz CT molecular complexity index is 856. The highest BCUT2D eigenvalue weighted by atomic mass is 19.1. The minimum absolute atomic E-state index is 0.0616. The first-order valence-electron chi connectivity index (χ1n) is 9.76. The third kappa shape index (κ3) is 3.77. The number of halogens is 1. The van der Waals surface area contributed by atoms with Crippen molar-refractivity contribution in [3.8, 4) is 0 Å². The maximum atomic E-state index is 13.3. The molecular weight excluding hydrogens is 357 g/mol. The lowest BCUT2D eigenvalue weighted by Gasteiger charge is -2.39. The third-order valence-corrected chi connectivity index (χ3v) is 5.92. The number of piperidine rings is 1.